The van der Waals surface area contributed by atoms with Crippen molar-refractivity contribution in [2.24, 2.45) is 0 Å². The molecule has 0 spiro atoms. The van der Waals surface area contributed by atoms with E-state index in [1.807, 2.05) is 55.6 Å². The molecular formula is C27H26ClN5O3. The van der Waals surface area contributed by atoms with Gasteiger partial charge in [-0.25, -0.2) is 14.5 Å². The molecule has 1 fully saturated rings. The van der Waals surface area contributed by atoms with Gasteiger partial charge < -0.3 is 14.5 Å². The molecule has 2 amide bonds. The monoisotopic (exact) mass is 503 g/mol. The van der Waals surface area contributed by atoms with Crippen molar-refractivity contribution in [3.63, 3.8) is 0 Å². The maximum atomic E-state index is 13.2. The summed E-state index contributed by atoms with van der Waals surface area (Å²) in [5.74, 6) is -0.0922. The van der Waals surface area contributed by atoms with Crippen LogP contribution in [0.5, 0.6) is 0 Å². The van der Waals surface area contributed by atoms with Crippen LogP contribution in [0.25, 0.3) is 27.8 Å². The number of hydrogen-bond donors (Lipinski definition) is 0. The molecule has 4 aromatic rings. The molecule has 0 aliphatic carbocycles. The minimum Gasteiger partial charge on any atom is -0.449 e. The Labute approximate surface area is 214 Å². The zero-order valence-electron chi connectivity index (χ0n) is 19.9. The molecule has 0 bridgehead atoms. The number of benzene rings is 2. The summed E-state index contributed by atoms with van der Waals surface area (Å²) in [5, 5.41) is 5.61. The van der Waals surface area contributed by atoms with Crippen LogP contribution >= 0.6 is 11.6 Å². The number of aromatic nitrogens is 3. The molecule has 1 aliphatic rings. The summed E-state index contributed by atoms with van der Waals surface area (Å²) in [5.41, 5.74) is 3.78. The first-order valence-electron chi connectivity index (χ1n) is 11.9. The number of amides is 2. The lowest BCUT2D eigenvalue weighted by Crippen LogP contribution is -2.50. The Kier molecular flexibility index (Phi) is 6.86. The second-order valence-electron chi connectivity index (χ2n) is 8.61. The quantitative estimate of drug-likeness (QED) is 0.381. The van der Waals surface area contributed by atoms with E-state index in [0.717, 1.165) is 28.8 Å². The van der Waals surface area contributed by atoms with Crippen LogP contribution in [-0.4, -0.2) is 69.4 Å². The van der Waals surface area contributed by atoms with Crippen LogP contribution in [-0.2, 0) is 4.74 Å². The molecule has 36 heavy (non-hydrogen) atoms. The summed E-state index contributed by atoms with van der Waals surface area (Å²) < 4.78 is 6.99. The van der Waals surface area contributed by atoms with Crippen molar-refractivity contribution in [3.05, 3.63) is 77.6 Å². The van der Waals surface area contributed by atoms with E-state index in [-0.39, 0.29) is 12.0 Å². The lowest BCUT2D eigenvalue weighted by molar-refractivity contribution is 0.0560. The predicted molar refractivity (Wildman–Crippen MR) is 138 cm³/mol. The summed E-state index contributed by atoms with van der Waals surface area (Å²) >= 11 is 6.59. The largest absolute Gasteiger partial charge is 0.449 e. The highest BCUT2D eigenvalue weighted by molar-refractivity contribution is 6.35. The van der Waals surface area contributed by atoms with Gasteiger partial charge in [-0.15, -0.1) is 0 Å². The van der Waals surface area contributed by atoms with Gasteiger partial charge in [0.25, 0.3) is 5.91 Å². The molecule has 2 aromatic heterocycles. The van der Waals surface area contributed by atoms with Gasteiger partial charge in [0.05, 0.1) is 28.5 Å². The number of pyridine rings is 1. The third kappa shape index (κ3) is 4.90. The molecule has 3 heterocycles. The van der Waals surface area contributed by atoms with Crippen LogP contribution in [0.1, 0.15) is 23.7 Å². The van der Waals surface area contributed by atoms with Gasteiger partial charge >= 0.3 is 6.09 Å². The number of carbonyl (C=O) groups is 2. The molecule has 184 valence electrons. The maximum absolute atomic E-state index is 13.2. The van der Waals surface area contributed by atoms with Gasteiger partial charge in [0.15, 0.2) is 0 Å². The zero-order valence-corrected chi connectivity index (χ0v) is 20.7. The van der Waals surface area contributed by atoms with E-state index in [4.69, 9.17) is 21.3 Å². The number of halogens is 1. The van der Waals surface area contributed by atoms with E-state index < -0.39 is 0 Å². The van der Waals surface area contributed by atoms with Crippen LogP contribution in [0.15, 0.2) is 67.0 Å². The van der Waals surface area contributed by atoms with Gasteiger partial charge in [-0.1, -0.05) is 36.7 Å². The number of fused-ring (bicyclic) bond motifs is 1. The third-order valence-electron chi connectivity index (χ3n) is 6.19. The summed E-state index contributed by atoms with van der Waals surface area (Å²) in [6, 6.07) is 17.0. The predicted octanol–water partition coefficient (Wildman–Crippen LogP) is 5.05. The summed E-state index contributed by atoms with van der Waals surface area (Å²) in [4.78, 5) is 33.5. The van der Waals surface area contributed by atoms with Crippen LogP contribution in [0.4, 0.5) is 4.79 Å². The minimum absolute atomic E-state index is 0.0922. The first-order valence-corrected chi connectivity index (χ1v) is 12.3. The third-order valence-corrected chi connectivity index (χ3v) is 6.51. The Morgan fingerprint density at radius 3 is 2.44 bits per heavy atom. The van der Waals surface area contributed by atoms with Crippen LogP contribution in [0.3, 0.4) is 0 Å². The SMILES string of the molecule is CCCOC(=O)N1CCN(C(=O)c2ccc3c(Cl)cc(-c4ccc(-n5cccn5)cc4)nc3c2)CC1. The second kappa shape index (κ2) is 10.4. The van der Waals surface area contributed by atoms with Gasteiger partial charge in [-0.3, -0.25) is 4.79 Å². The number of nitrogens with zero attached hydrogens (tertiary/aromatic N) is 5. The molecule has 5 rings (SSSR count). The maximum Gasteiger partial charge on any atom is 0.409 e. The molecule has 0 N–H and O–H groups in total. The number of carbonyl (C=O) groups excluding carboxylic acids is 2. The smallest absolute Gasteiger partial charge is 0.409 e. The van der Waals surface area contributed by atoms with Crippen LogP contribution in [0.2, 0.25) is 5.02 Å². The van der Waals surface area contributed by atoms with Crippen molar-refractivity contribution in [1.29, 1.82) is 0 Å². The van der Waals surface area contributed by atoms with E-state index in [0.29, 0.717) is 48.9 Å². The number of hydrogen-bond acceptors (Lipinski definition) is 5. The van der Waals surface area contributed by atoms with Crippen molar-refractivity contribution in [2.75, 3.05) is 32.8 Å². The fourth-order valence-electron chi connectivity index (χ4n) is 4.23. The Hall–Kier alpha value is -3.91. The van der Waals surface area contributed by atoms with Gasteiger partial charge in [-0.2, -0.15) is 5.10 Å². The minimum atomic E-state index is -0.321. The summed E-state index contributed by atoms with van der Waals surface area (Å²) in [6.07, 6.45) is 4.08. The fourth-order valence-corrected chi connectivity index (χ4v) is 4.49. The first-order chi connectivity index (χ1) is 17.5. The zero-order chi connectivity index (χ0) is 25.1. The summed E-state index contributed by atoms with van der Waals surface area (Å²) in [7, 11) is 0. The van der Waals surface area contributed by atoms with Crippen molar-refractivity contribution >= 4 is 34.5 Å². The summed E-state index contributed by atoms with van der Waals surface area (Å²) in [6.45, 7) is 4.16. The highest BCUT2D eigenvalue weighted by Gasteiger charge is 2.26. The number of ether oxygens (including phenoxy) is 1. The standard InChI is InChI=1S/C27H26ClN5O3/c1-2-16-36-27(35)32-14-12-31(13-15-32)26(34)20-6-9-22-23(28)18-24(30-25(22)17-20)19-4-7-21(8-5-19)33-11-3-10-29-33/h3-11,17-18H,2,12-16H2,1H3. The number of rotatable bonds is 5. The molecule has 0 unspecified atom stereocenters. The van der Waals surface area contributed by atoms with Crippen LogP contribution in [0, 0.1) is 0 Å². The first kappa shape index (κ1) is 23.8. The van der Waals surface area contributed by atoms with E-state index in [1.165, 1.54) is 0 Å². The molecule has 2 aromatic carbocycles. The number of piperazine rings is 1. The lowest BCUT2D eigenvalue weighted by atomic mass is 10.1. The van der Waals surface area contributed by atoms with Crippen molar-refractivity contribution in [3.8, 4) is 16.9 Å². The van der Waals surface area contributed by atoms with Crippen molar-refractivity contribution in [2.45, 2.75) is 13.3 Å². The topological polar surface area (TPSA) is 80.6 Å². The van der Waals surface area contributed by atoms with Gasteiger partial charge in [0.2, 0.25) is 0 Å². The molecule has 0 atom stereocenters. The molecule has 0 radical (unpaired) electrons. The fraction of sp³-hybridized carbons (Fsp3) is 0.259. The van der Waals surface area contributed by atoms with Crippen molar-refractivity contribution in [1.82, 2.24) is 24.6 Å². The second-order valence-corrected chi connectivity index (χ2v) is 9.02. The Morgan fingerprint density at radius 1 is 1.00 bits per heavy atom. The van der Waals surface area contributed by atoms with Crippen molar-refractivity contribution < 1.29 is 14.3 Å². The molecule has 1 saturated heterocycles. The highest BCUT2D eigenvalue weighted by Crippen LogP contribution is 2.29. The van der Waals surface area contributed by atoms with E-state index in [1.54, 1.807) is 32.8 Å². The Morgan fingerprint density at radius 2 is 1.75 bits per heavy atom. The molecule has 9 heteroatoms. The normalized spacial score (nSPS) is 13.7. The van der Waals surface area contributed by atoms with E-state index >= 15 is 0 Å². The average molecular weight is 504 g/mol. The molecular weight excluding hydrogens is 478 g/mol. The molecule has 1 aliphatic heterocycles. The lowest BCUT2D eigenvalue weighted by Gasteiger charge is -2.34. The Bertz CT molecular complexity index is 1380. The molecule has 8 nitrogen and oxygen atoms in total. The van der Waals surface area contributed by atoms with E-state index in [9.17, 15) is 9.59 Å². The average Bonchev–Trinajstić information content (AvgIpc) is 3.46. The molecule has 0 saturated carbocycles. The van der Waals surface area contributed by atoms with Crippen LogP contribution < -0.4 is 0 Å². The van der Waals surface area contributed by atoms with Gasteiger partial charge in [-0.05, 0) is 42.8 Å². The van der Waals surface area contributed by atoms with Gasteiger partial charge in [0, 0.05) is 55.1 Å². The highest BCUT2D eigenvalue weighted by atomic mass is 35.5. The van der Waals surface area contributed by atoms with Gasteiger partial charge in [0.1, 0.15) is 0 Å². The Balaban J connectivity index is 1.34. The van der Waals surface area contributed by atoms with E-state index in [2.05, 4.69) is 5.10 Å².